The molecule has 0 saturated carbocycles. The number of hydrogen-bond acceptors (Lipinski definition) is 5. The summed E-state index contributed by atoms with van der Waals surface area (Å²) in [6.07, 6.45) is 4.97. The lowest BCUT2D eigenvalue weighted by molar-refractivity contribution is 0.262. The number of rotatable bonds is 14. The molecule has 0 aromatic carbocycles. The molecule has 2 atom stereocenters. The van der Waals surface area contributed by atoms with E-state index in [1.54, 1.807) is 0 Å². The molecule has 0 bridgehead atoms. The van der Waals surface area contributed by atoms with Gasteiger partial charge in [-0.15, -0.1) is 0 Å². The van der Waals surface area contributed by atoms with Crippen LogP contribution >= 0.6 is 16.5 Å². The van der Waals surface area contributed by atoms with Gasteiger partial charge in [-0.1, -0.05) is 12.8 Å². The van der Waals surface area contributed by atoms with Crippen LogP contribution < -0.4 is 5.73 Å². The van der Waals surface area contributed by atoms with Gasteiger partial charge in [-0.25, -0.2) is 0 Å². The molecule has 0 spiro atoms. The fourth-order valence-electron chi connectivity index (χ4n) is 2.11. The number of nitriles is 1. The standard InChI is InChI=1S/C15H33N3O2P2/c1-14(2)18(15(3)4)22(20-13-9-11-17)21-19-12-8-6-5-7-10-16/h14-15,21H,5-10,12-13,16H2,1-4H3. The molecule has 5 nitrogen and oxygen atoms in total. The van der Waals surface area contributed by atoms with E-state index in [0.29, 0.717) is 33.6 Å². The van der Waals surface area contributed by atoms with Crippen LogP contribution in [0.2, 0.25) is 0 Å². The van der Waals surface area contributed by atoms with Gasteiger partial charge in [0.15, 0.2) is 7.99 Å². The van der Waals surface area contributed by atoms with Crippen LogP contribution in [0.25, 0.3) is 0 Å². The van der Waals surface area contributed by atoms with Crippen LogP contribution in [0.3, 0.4) is 0 Å². The van der Waals surface area contributed by atoms with Crippen molar-refractivity contribution < 1.29 is 9.05 Å². The lowest BCUT2D eigenvalue weighted by atomic mass is 10.2. The first-order chi connectivity index (χ1) is 10.5. The molecule has 0 amide bonds. The highest BCUT2D eigenvalue weighted by Gasteiger charge is 2.25. The van der Waals surface area contributed by atoms with E-state index in [9.17, 15) is 0 Å². The van der Waals surface area contributed by atoms with Crippen molar-refractivity contribution in [3.63, 3.8) is 0 Å². The summed E-state index contributed by atoms with van der Waals surface area (Å²) in [6.45, 7) is 10.8. The topological polar surface area (TPSA) is 71.5 Å². The minimum absolute atomic E-state index is 0.347. The van der Waals surface area contributed by atoms with Crippen LogP contribution in [0.5, 0.6) is 0 Å². The predicted octanol–water partition coefficient (Wildman–Crippen LogP) is 4.39. The molecule has 0 aliphatic carbocycles. The van der Waals surface area contributed by atoms with E-state index in [-0.39, 0.29) is 0 Å². The van der Waals surface area contributed by atoms with E-state index >= 15 is 0 Å². The fourth-order valence-corrected chi connectivity index (χ4v) is 6.54. The summed E-state index contributed by atoms with van der Waals surface area (Å²) in [6, 6.07) is 2.96. The molecule has 0 aliphatic rings. The van der Waals surface area contributed by atoms with Crippen molar-refractivity contribution in [2.45, 2.75) is 71.9 Å². The maximum absolute atomic E-state index is 8.68. The molecule has 0 radical (unpaired) electrons. The van der Waals surface area contributed by atoms with Crippen LogP contribution in [0, 0.1) is 11.3 Å². The highest BCUT2D eigenvalue weighted by atomic mass is 32.1. The van der Waals surface area contributed by atoms with Crippen LogP contribution in [0.4, 0.5) is 0 Å². The minimum Gasteiger partial charge on any atom is -0.354 e. The van der Waals surface area contributed by atoms with Gasteiger partial charge in [0, 0.05) is 12.1 Å². The largest absolute Gasteiger partial charge is 0.354 e. The molecule has 0 aromatic heterocycles. The van der Waals surface area contributed by atoms with Crippen molar-refractivity contribution in [1.82, 2.24) is 4.67 Å². The van der Waals surface area contributed by atoms with E-state index in [2.05, 4.69) is 38.4 Å². The SMILES string of the molecule is CC(C)N(C(C)C)P(OCCC#N)POCCCCCCN. The first-order valence-electron chi connectivity index (χ1n) is 8.20. The maximum atomic E-state index is 8.68. The Hall–Kier alpha value is 0.190. The summed E-state index contributed by atoms with van der Waals surface area (Å²) in [4.78, 5) is 0. The smallest absolute Gasteiger partial charge is 0.155 e. The van der Waals surface area contributed by atoms with E-state index < -0.39 is 7.99 Å². The zero-order valence-electron chi connectivity index (χ0n) is 14.5. The van der Waals surface area contributed by atoms with Crippen molar-refractivity contribution in [2.75, 3.05) is 19.8 Å². The number of nitrogens with zero attached hydrogens (tertiary/aromatic N) is 2. The van der Waals surface area contributed by atoms with Gasteiger partial charge >= 0.3 is 0 Å². The zero-order valence-corrected chi connectivity index (χ0v) is 16.4. The Kier molecular flexibility index (Phi) is 14.9. The van der Waals surface area contributed by atoms with Gasteiger partial charge in [0.2, 0.25) is 0 Å². The second-order valence-electron chi connectivity index (χ2n) is 5.72. The summed E-state index contributed by atoms with van der Waals surface area (Å²) >= 11 is 0. The predicted molar refractivity (Wildman–Crippen MR) is 97.0 cm³/mol. The zero-order chi connectivity index (χ0) is 16.8. The molecule has 0 aliphatic heterocycles. The third-order valence-corrected chi connectivity index (χ3v) is 7.23. The molecule has 130 valence electrons. The van der Waals surface area contributed by atoms with E-state index in [1.165, 1.54) is 12.8 Å². The number of unbranched alkanes of at least 4 members (excludes halogenated alkanes) is 3. The molecule has 0 fully saturated rings. The molecule has 0 heterocycles. The quantitative estimate of drug-likeness (QED) is 0.372. The molecular weight excluding hydrogens is 316 g/mol. The van der Waals surface area contributed by atoms with Crippen LogP contribution in [0.15, 0.2) is 0 Å². The van der Waals surface area contributed by atoms with Gasteiger partial charge in [0.05, 0.1) is 34.2 Å². The molecular formula is C15H33N3O2P2. The van der Waals surface area contributed by atoms with Crippen molar-refractivity contribution in [1.29, 1.82) is 5.26 Å². The van der Waals surface area contributed by atoms with Crippen molar-refractivity contribution in [2.24, 2.45) is 5.73 Å². The lowest BCUT2D eigenvalue weighted by Gasteiger charge is -2.36. The summed E-state index contributed by atoms with van der Waals surface area (Å²) in [5.74, 6) is 0. The number of nitrogens with two attached hydrogens (primary N) is 1. The Labute approximate surface area is 139 Å². The van der Waals surface area contributed by atoms with Gasteiger partial charge in [0.25, 0.3) is 0 Å². The first kappa shape index (κ1) is 22.2. The molecule has 0 saturated heterocycles. The lowest BCUT2D eigenvalue weighted by Crippen LogP contribution is -2.32. The Balaban J connectivity index is 4.20. The van der Waals surface area contributed by atoms with Gasteiger partial charge < -0.3 is 14.8 Å². The number of hydrogen-bond donors (Lipinski definition) is 1. The average Bonchev–Trinajstić information content (AvgIpc) is 2.45. The van der Waals surface area contributed by atoms with Gasteiger partial charge in [-0.2, -0.15) is 5.26 Å². The summed E-state index contributed by atoms with van der Waals surface area (Å²) in [5.41, 5.74) is 5.48. The molecule has 2 N–H and O–H groups in total. The monoisotopic (exact) mass is 349 g/mol. The highest BCUT2D eigenvalue weighted by molar-refractivity contribution is 8.15. The molecule has 7 heteroatoms. The molecule has 2 unspecified atom stereocenters. The summed E-state index contributed by atoms with van der Waals surface area (Å²) < 4.78 is 14.2. The van der Waals surface area contributed by atoms with Gasteiger partial charge in [0.1, 0.15) is 0 Å². The third-order valence-electron chi connectivity index (χ3n) is 3.04. The van der Waals surface area contributed by atoms with Crippen LogP contribution in [0.1, 0.15) is 59.8 Å². The molecule has 0 rings (SSSR count). The Morgan fingerprint density at radius 1 is 1.09 bits per heavy atom. The van der Waals surface area contributed by atoms with Crippen molar-refractivity contribution in [3.8, 4) is 6.07 Å². The van der Waals surface area contributed by atoms with Crippen LogP contribution in [-0.2, 0) is 9.05 Å². The first-order valence-corrected chi connectivity index (χ1v) is 11.2. The maximum Gasteiger partial charge on any atom is 0.155 e. The molecule has 22 heavy (non-hydrogen) atoms. The third kappa shape index (κ3) is 10.8. The summed E-state index contributed by atoms with van der Waals surface area (Å²) in [5, 5.41) is 8.68. The average molecular weight is 349 g/mol. The second kappa shape index (κ2) is 14.8. The normalized spacial score (nSPS) is 13.6. The Morgan fingerprint density at radius 2 is 1.73 bits per heavy atom. The summed E-state index contributed by atoms with van der Waals surface area (Å²) in [7, 11) is -0.427. The van der Waals surface area contributed by atoms with Gasteiger partial charge in [-0.3, -0.25) is 4.67 Å². The minimum atomic E-state index is -0.774. The van der Waals surface area contributed by atoms with E-state index in [1.807, 2.05) is 0 Å². The van der Waals surface area contributed by atoms with Gasteiger partial charge in [-0.05, 0) is 47.1 Å². The van der Waals surface area contributed by atoms with E-state index in [0.717, 1.165) is 26.0 Å². The highest BCUT2D eigenvalue weighted by Crippen LogP contribution is 2.61. The fraction of sp³-hybridized carbons (Fsp3) is 0.933. The Bertz CT molecular complexity index is 291. The van der Waals surface area contributed by atoms with E-state index in [4.69, 9.17) is 20.0 Å². The molecule has 0 aromatic rings. The van der Waals surface area contributed by atoms with Crippen molar-refractivity contribution >= 4 is 16.5 Å². The van der Waals surface area contributed by atoms with Crippen molar-refractivity contribution in [3.05, 3.63) is 0 Å². The second-order valence-corrected chi connectivity index (χ2v) is 9.16. The van der Waals surface area contributed by atoms with Crippen LogP contribution in [-0.4, -0.2) is 36.5 Å². The Morgan fingerprint density at radius 3 is 2.27 bits per heavy atom.